The van der Waals surface area contributed by atoms with Crippen molar-refractivity contribution in [2.75, 3.05) is 0 Å². The molecule has 0 aromatic heterocycles. The van der Waals surface area contributed by atoms with E-state index >= 15 is 0 Å². The molecule has 0 saturated heterocycles. The molecule has 0 spiro atoms. The summed E-state index contributed by atoms with van der Waals surface area (Å²) in [5, 5.41) is 3.17. The van der Waals surface area contributed by atoms with Gasteiger partial charge in [-0.2, -0.15) is 0 Å². The Balaban J connectivity index is 0.00000256. The molecule has 0 amide bonds. The fourth-order valence-electron chi connectivity index (χ4n) is 1.26. The van der Waals surface area contributed by atoms with Crippen molar-refractivity contribution >= 4 is 19.0 Å². The van der Waals surface area contributed by atoms with Crippen molar-refractivity contribution in [3.8, 4) is 0 Å². The van der Waals surface area contributed by atoms with Crippen molar-refractivity contribution in [3.05, 3.63) is 39.8 Å². The number of carbonyl (C=O) groups is 1. The maximum absolute atomic E-state index is 12.2. The van der Waals surface area contributed by atoms with Gasteiger partial charge in [-0.1, -0.05) is 29.1 Å². The summed E-state index contributed by atoms with van der Waals surface area (Å²) in [5.41, 5.74) is 8.13. The minimum Gasteiger partial charge on any atom is -0.449 e. The van der Waals surface area contributed by atoms with Gasteiger partial charge in [0.05, 0.1) is 0 Å². The molecule has 4 nitrogen and oxygen atoms in total. The predicted octanol–water partition coefficient (Wildman–Crippen LogP) is 0.374. The summed E-state index contributed by atoms with van der Waals surface area (Å²) < 4.78 is 36.5. The van der Waals surface area contributed by atoms with Crippen LogP contribution in [-0.2, 0) is 6.32 Å². The minimum absolute atomic E-state index is 0. The van der Waals surface area contributed by atoms with Gasteiger partial charge in [-0.15, -0.1) is 0 Å². The van der Waals surface area contributed by atoms with Gasteiger partial charge in [0.1, 0.15) is 6.29 Å². The zero-order valence-electron chi connectivity index (χ0n) is 8.98. The smallest absolute Gasteiger partial charge is 0.449 e. The molecule has 84 valence electrons. The van der Waals surface area contributed by atoms with Gasteiger partial charge < -0.3 is 12.9 Å². The van der Waals surface area contributed by atoms with E-state index in [-0.39, 0.29) is 68.2 Å². The third kappa shape index (κ3) is 6.25. The number of hydrogen-bond acceptors (Lipinski definition) is 2. The first kappa shape index (κ1) is 16.7. The number of aldehydes is 1. The summed E-state index contributed by atoms with van der Waals surface area (Å²) in [6, 6.07) is 3.46. The van der Waals surface area contributed by atoms with Crippen molar-refractivity contribution in [3.63, 3.8) is 0 Å². The van der Waals surface area contributed by atoms with E-state index in [0.29, 0.717) is 6.29 Å². The number of benzene rings is 1. The second-order valence-corrected chi connectivity index (χ2v) is 3.15. The number of hydrogen-bond donors (Lipinski definition) is 0. The van der Waals surface area contributed by atoms with Gasteiger partial charge in [-0.3, -0.25) is 4.79 Å². The second kappa shape index (κ2) is 7.20. The van der Waals surface area contributed by atoms with Crippen LogP contribution in [0.4, 0.5) is 18.6 Å². The number of halogens is 3. The fourth-order valence-corrected chi connectivity index (χ4v) is 1.26. The number of rotatable bonds is 4. The maximum Gasteiger partial charge on any atom is 1.00 e. The third-order valence-corrected chi connectivity index (χ3v) is 1.76. The van der Waals surface area contributed by atoms with Gasteiger partial charge in [-0.25, -0.2) is 0 Å². The van der Waals surface area contributed by atoms with Crippen molar-refractivity contribution < 1.29 is 69.1 Å². The zero-order chi connectivity index (χ0) is 12.2. The van der Waals surface area contributed by atoms with Gasteiger partial charge in [-0.05, 0) is 11.6 Å². The van der Waals surface area contributed by atoms with Gasteiger partial charge >= 0.3 is 58.4 Å². The molecule has 1 aromatic carbocycles. The molecule has 1 aromatic rings. The Hall–Kier alpha value is -0.309. The Morgan fingerprint density at radius 3 is 2.47 bits per heavy atom. The van der Waals surface area contributed by atoms with Crippen LogP contribution in [0.5, 0.6) is 0 Å². The van der Waals surface area contributed by atoms with E-state index in [1.807, 2.05) is 0 Å². The van der Waals surface area contributed by atoms with E-state index in [1.54, 1.807) is 0 Å². The van der Waals surface area contributed by atoms with E-state index in [2.05, 4.69) is 10.0 Å². The fraction of sp³-hybridized carbons (Fsp3) is 0.125. The second-order valence-electron chi connectivity index (χ2n) is 3.15. The molecule has 0 aliphatic heterocycles. The maximum atomic E-state index is 12.2. The SMILES string of the molecule is [K+].[N-]=[N+]=Nc1cc(C=O)cc(C[B-](F)(F)F)c1. The van der Waals surface area contributed by atoms with E-state index in [1.165, 1.54) is 6.07 Å². The molecule has 0 atom stereocenters. The summed E-state index contributed by atoms with van der Waals surface area (Å²) in [6.45, 7) is -4.98. The molecule has 0 heterocycles. The van der Waals surface area contributed by atoms with Crippen molar-refractivity contribution in [2.24, 2.45) is 5.11 Å². The van der Waals surface area contributed by atoms with Crippen LogP contribution in [0.15, 0.2) is 23.3 Å². The zero-order valence-corrected chi connectivity index (χ0v) is 12.1. The van der Waals surface area contributed by atoms with Crippen LogP contribution in [-0.4, -0.2) is 13.3 Å². The molecular weight excluding hydrogens is 261 g/mol. The largest absolute Gasteiger partial charge is 1.00 e. The minimum atomic E-state index is -4.98. The number of azide groups is 1. The van der Waals surface area contributed by atoms with E-state index < -0.39 is 13.3 Å². The molecule has 9 heteroatoms. The van der Waals surface area contributed by atoms with Crippen LogP contribution in [0.1, 0.15) is 15.9 Å². The van der Waals surface area contributed by atoms with Crippen LogP contribution in [0.25, 0.3) is 10.4 Å². The quantitative estimate of drug-likeness (QED) is 0.255. The van der Waals surface area contributed by atoms with Crippen LogP contribution in [0, 0.1) is 0 Å². The van der Waals surface area contributed by atoms with Crippen molar-refractivity contribution in [1.29, 1.82) is 0 Å². The Bertz CT molecular complexity index is 460. The van der Waals surface area contributed by atoms with E-state index in [4.69, 9.17) is 5.53 Å². The van der Waals surface area contributed by atoms with Crippen LogP contribution >= 0.6 is 0 Å². The van der Waals surface area contributed by atoms with Gasteiger partial charge in [0.2, 0.25) is 0 Å². The molecule has 0 saturated carbocycles. The van der Waals surface area contributed by atoms with E-state index in [0.717, 1.165) is 12.1 Å². The number of carbonyl (C=O) groups excluding carboxylic acids is 1. The topological polar surface area (TPSA) is 65.8 Å². The predicted molar refractivity (Wildman–Crippen MR) is 53.4 cm³/mol. The molecular formula is C8H6BF3KN3O. The Morgan fingerprint density at radius 1 is 1.35 bits per heavy atom. The average Bonchev–Trinajstić information content (AvgIpc) is 2.15. The van der Waals surface area contributed by atoms with Crippen LogP contribution in [0.3, 0.4) is 0 Å². The molecule has 1 rings (SSSR count). The summed E-state index contributed by atoms with van der Waals surface area (Å²) in [7, 11) is 0. The molecule has 0 N–H and O–H groups in total. The Kier molecular flexibility index (Phi) is 7.07. The molecule has 0 fully saturated rings. The van der Waals surface area contributed by atoms with Crippen molar-refractivity contribution in [2.45, 2.75) is 6.32 Å². The van der Waals surface area contributed by atoms with Crippen LogP contribution < -0.4 is 51.4 Å². The summed E-state index contributed by atoms with van der Waals surface area (Å²) in [4.78, 5) is 12.9. The summed E-state index contributed by atoms with van der Waals surface area (Å²) in [6.07, 6.45) is -0.696. The average molecular weight is 267 g/mol. The molecule has 0 radical (unpaired) electrons. The molecule has 0 bridgehead atoms. The normalized spacial score (nSPS) is 10.1. The Labute approximate surface area is 138 Å². The first-order valence-corrected chi connectivity index (χ1v) is 4.30. The number of nitrogens with zero attached hydrogens (tertiary/aromatic N) is 3. The third-order valence-electron chi connectivity index (χ3n) is 1.76. The van der Waals surface area contributed by atoms with E-state index in [9.17, 15) is 17.7 Å². The molecule has 17 heavy (non-hydrogen) atoms. The first-order valence-electron chi connectivity index (χ1n) is 4.30. The van der Waals surface area contributed by atoms with Crippen LogP contribution in [0.2, 0.25) is 0 Å². The monoisotopic (exact) mass is 267 g/mol. The summed E-state index contributed by atoms with van der Waals surface area (Å²) >= 11 is 0. The first-order chi connectivity index (χ1) is 7.44. The standard InChI is InChI=1S/C8H6BF3N3O.K/c10-9(11,12)4-6-1-7(5-16)3-8(2-6)14-15-13;/h1-3,5H,4H2;/q-1;+1. The summed E-state index contributed by atoms with van der Waals surface area (Å²) in [5.74, 6) is 0. The van der Waals surface area contributed by atoms with Gasteiger partial charge in [0, 0.05) is 16.2 Å². The van der Waals surface area contributed by atoms with Gasteiger partial charge in [0.25, 0.3) is 0 Å². The Morgan fingerprint density at radius 2 is 2.00 bits per heavy atom. The molecule has 0 aliphatic carbocycles. The van der Waals surface area contributed by atoms with Crippen molar-refractivity contribution in [1.82, 2.24) is 0 Å². The van der Waals surface area contributed by atoms with Gasteiger partial charge in [0.15, 0.2) is 0 Å². The molecule has 0 aliphatic rings. The molecule has 0 unspecified atom stereocenters.